The van der Waals surface area contributed by atoms with E-state index >= 15 is 0 Å². The minimum atomic E-state index is -4.93. The number of rotatable bonds is 4. The number of aromatic nitrogens is 1. The smallest absolute Gasteiger partial charge is 0.445 e. The molecule has 0 aliphatic rings. The highest BCUT2D eigenvalue weighted by molar-refractivity contribution is 7.99. The van der Waals surface area contributed by atoms with Crippen LogP contribution in [0.3, 0.4) is 0 Å². The van der Waals surface area contributed by atoms with Crippen molar-refractivity contribution >= 4 is 18.7 Å². The number of aryl methyl sites for hydroxylation is 2. The van der Waals surface area contributed by atoms with Crippen LogP contribution in [0.4, 0.5) is 12.9 Å². The predicted octanol–water partition coefficient (Wildman–Crippen LogP) is 3.73. The van der Waals surface area contributed by atoms with Crippen molar-refractivity contribution in [1.82, 2.24) is 4.98 Å². The zero-order valence-electron chi connectivity index (χ0n) is 9.14. The highest BCUT2D eigenvalue weighted by Gasteiger charge is 2.26. The van der Waals surface area contributed by atoms with Gasteiger partial charge in [0, 0.05) is 5.69 Å². The summed E-state index contributed by atoms with van der Waals surface area (Å²) in [6, 6.07) is 3.65. The van der Waals surface area contributed by atoms with E-state index in [0.717, 1.165) is 23.0 Å². The molecule has 0 N–H and O–H groups in total. The highest BCUT2D eigenvalue weighted by atomic mass is 32.2. The van der Waals surface area contributed by atoms with Crippen molar-refractivity contribution in [2.45, 2.75) is 18.9 Å². The number of halogens is 3. The Morgan fingerprint density at radius 2 is 2.00 bits per heavy atom. The fourth-order valence-electron chi connectivity index (χ4n) is 1.14. The van der Waals surface area contributed by atoms with E-state index in [4.69, 9.17) is 0 Å². The second kappa shape index (κ2) is 4.95. The topological polar surface area (TPSA) is 12.9 Å². The zero-order valence-corrected chi connectivity index (χ0v) is 9.95. The molecule has 0 unspecified atom stereocenters. The van der Waals surface area contributed by atoms with Crippen molar-refractivity contribution in [1.29, 1.82) is 0 Å². The molecule has 1 heterocycles. The molecule has 6 heteroatoms. The van der Waals surface area contributed by atoms with Gasteiger partial charge in [0.15, 0.2) is 0 Å². The molecule has 0 radical (unpaired) electrons. The molecule has 16 heavy (non-hydrogen) atoms. The van der Waals surface area contributed by atoms with Gasteiger partial charge in [0.25, 0.3) is 0 Å². The minimum absolute atomic E-state index is 0.153. The van der Waals surface area contributed by atoms with E-state index in [9.17, 15) is 12.9 Å². The lowest BCUT2D eigenvalue weighted by atomic mass is 9.82. The Morgan fingerprint density at radius 1 is 1.38 bits per heavy atom. The summed E-state index contributed by atoms with van der Waals surface area (Å²) in [5.74, 6) is -0.153. The maximum atomic E-state index is 12.2. The van der Waals surface area contributed by atoms with Gasteiger partial charge in [0.1, 0.15) is 0 Å². The van der Waals surface area contributed by atoms with Crippen LogP contribution in [0, 0.1) is 13.8 Å². The van der Waals surface area contributed by atoms with Gasteiger partial charge in [-0.2, -0.15) is 0 Å². The lowest BCUT2D eigenvalue weighted by Crippen LogP contribution is -2.20. The van der Waals surface area contributed by atoms with Crippen LogP contribution in [-0.2, 0) is 0 Å². The Labute approximate surface area is 97.2 Å². The molecule has 0 aliphatic heterocycles. The molecule has 0 spiro atoms. The Bertz CT molecular complexity index is 383. The number of hydrogen-bond donors (Lipinski definition) is 0. The van der Waals surface area contributed by atoms with Crippen molar-refractivity contribution in [3.63, 3.8) is 0 Å². The van der Waals surface area contributed by atoms with Crippen LogP contribution >= 0.6 is 11.8 Å². The summed E-state index contributed by atoms with van der Waals surface area (Å²) in [5.41, 5.74) is 1.13. The second-order valence-corrected chi connectivity index (χ2v) is 4.64. The van der Waals surface area contributed by atoms with E-state index in [1.165, 1.54) is 0 Å². The first kappa shape index (κ1) is 13.2. The van der Waals surface area contributed by atoms with Crippen LogP contribution in [0.5, 0.6) is 0 Å². The number of hydrogen-bond acceptors (Lipinski definition) is 2. The average molecular weight is 246 g/mol. The Balaban J connectivity index is 2.65. The first-order valence-electron chi connectivity index (χ1n) is 4.75. The van der Waals surface area contributed by atoms with Crippen LogP contribution in [0.1, 0.15) is 11.3 Å². The van der Waals surface area contributed by atoms with Crippen LogP contribution < -0.4 is 0 Å². The second-order valence-electron chi connectivity index (χ2n) is 3.65. The quantitative estimate of drug-likeness (QED) is 0.593. The van der Waals surface area contributed by atoms with Crippen LogP contribution in [0.15, 0.2) is 29.2 Å². The van der Waals surface area contributed by atoms with Crippen LogP contribution in [-0.4, -0.2) is 17.7 Å². The van der Waals surface area contributed by atoms with Crippen LogP contribution in [0.25, 0.3) is 0 Å². The van der Waals surface area contributed by atoms with Crippen molar-refractivity contribution in [2.75, 3.05) is 5.75 Å². The number of thioether (sulfide) groups is 1. The summed E-state index contributed by atoms with van der Waals surface area (Å²) < 4.78 is 36.7. The highest BCUT2D eigenvalue weighted by Crippen LogP contribution is 2.26. The summed E-state index contributed by atoms with van der Waals surface area (Å²) in [5, 5.41) is 0.610. The fourth-order valence-corrected chi connectivity index (χ4v) is 2.14. The largest absolute Gasteiger partial charge is 0.505 e. The predicted molar refractivity (Wildman–Crippen MR) is 62.7 cm³/mol. The van der Waals surface area contributed by atoms with E-state index in [1.807, 2.05) is 19.9 Å². The molecular weight excluding hydrogens is 234 g/mol. The third-order valence-corrected chi connectivity index (χ3v) is 2.96. The Morgan fingerprint density at radius 3 is 2.50 bits per heavy atom. The van der Waals surface area contributed by atoms with Gasteiger partial charge in [-0.1, -0.05) is 0 Å². The van der Waals surface area contributed by atoms with Gasteiger partial charge in [-0.15, -0.1) is 23.8 Å². The third-order valence-electron chi connectivity index (χ3n) is 1.94. The van der Waals surface area contributed by atoms with Crippen molar-refractivity contribution in [2.24, 2.45) is 0 Å². The molecule has 0 amide bonds. The monoisotopic (exact) mass is 246 g/mol. The lowest BCUT2D eigenvalue weighted by Gasteiger charge is -2.17. The summed E-state index contributed by atoms with van der Waals surface area (Å²) in [4.78, 5) is 4.15. The normalized spacial score (nSPS) is 11.6. The fraction of sp³-hybridized carbons (Fsp3) is 0.300. The molecule has 0 bridgehead atoms. The standard InChI is InChI=1S/C10H12BF3NS/c1-7-4-9(3)15-10(5-7)16-6-8(2)11(12,13)14/h4-5H,2,6H2,1,3H3/q-1. The summed E-state index contributed by atoms with van der Waals surface area (Å²) >= 11 is 1.07. The van der Waals surface area contributed by atoms with E-state index in [1.54, 1.807) is 6.07 Å². The number of nitrogens with zero attached hydrogens (tertiary/aromatic N) is 1. The summed E-state index contributed by atoms with van der Waals surface area (Å²) in [7, 11) is 0. The first-order valence-corrected chi connectivity index (χ1v) is 5.73. The maximum absolute atomic E-state index is 12.2. The van der Waals surface area contributed by atoms with Gasteiger partial charge in [0.05, 0.1) is 5.03 Å². The molecule has 0 atom stereocenters. The molecule has 0 saturated heterocycles. The summed E-state index contributed by atoms with van der Waals surface area (Å²) in [6.07, 6.45) is 0. The van der Waals surface area contributed by atoms with Crippen molar-refractivity contribution in [3.8, 4) is 0 Å². The minimum Gasteiger partial charge on any atom is -0.445 e. The van der Waals surface area contributed by atoms with Gasteiger partial charge >= 0.3 is 6.98 Å². The SMILES string of the molecule is C=C(CSc1cc(C)cc(C)n1)[B-](F)(F)F. The van der Waals surface area contributed by atoms with Gasteiger partial charge in [-0.05, 0) is 37.3 Å². The average Bonchev–Trinajstić information content (AvgIpc) is 2.11. The maximum Gasteiger partial charge on any atom is 0.505 e. The zero-order chi connectivity index (χ0) is 12.3. The van der Waals surface area contributed by atoms with Crippen molar-refractivity contribution in [3.05, 3.63) is 35.4 Å². The van der Waals surface area contributed by atoms with E-state index < -0.39 is 12.4 Å². The molecule has 88 valence electrons. The first-order chi connectivity index (χ1) is 7.29. The molecular formula is C10H12BF3NS-. The van der Waals surface area contributed by atoms with Gasteiger partial charge < -0.3 is 12.9 Å². The Hall–Kier alpha value is -0.905. The Kier molecular flexibility index (Phi) is 4.07. The molecule has 1 aromatic heterocycles. The molecule has 0 aromatic carbocycles. The number of pyridine rings is 1. The van der Waals surface area contributed by atoms with Gasteiger partial charge in [0.2, 0.25) is 0 Å². The molecule has 0 aliphatic carbocycles. The van der Waals surface area contributed by atoms with E-state index in [0.29, 0.717) is 5.03 Å². The van der Waals surface area contributed by atoms with E-state index in [-0.39, 0.29) is 5.75 Å². The van der Waals surface area contributed by atoms with Crippen molar-refractivity contribution < 1.29 is 12.9 Å². The van der Waals surface area contributed by atoms with E-state index in [2.05, 4.69) is 11.6 Å². The summed E-state index contributed by atoms with van der Waals surface area (Å²) in [6.45, 7) is 1.82. The molecule has 0 saturated carbocycles. The third kappa shape index (κ3) is 3.92. The van der Waals surface area contributed by atoms with Gasteiger partial charge in [-0.25, -0.2) is 4.98 Å². The molecule has 0 fully saturated rings. The lowest BCUT2D eigenvalue weighted by molar-refractivity contribution is 0.491. The van der Waals surface area contributed by atoms with Crippen LogP contribution in [0.2, 0.25) is 0 Å². The molecule has 1 aromatic rings. The molecule has 1 nitrogen and oxygen atoms in total. The van der Waals surface area contributed by atoms with Gasteiger partial charge in [-0.3, -0.25) is 0 Å². The molecule has 1 rings (SSSR count).